The summed E-state index contributed by atoms with van der Waals surface area (Å²) in [5.74, 6) is 1.64. The summed E-state index contributed by atoms with van der Waals surface area (Å²) < 4.78 is 5.61. The van der Waals surface area contributed by atoms with Gasteiger partial charge in [-0.2, -0.15) is 0 Å². The Labute approximate surface area is 250 Å². The fourth-order valence-electron chi connectivity index (χ4n) is 8.36. The van der Waals surface area contributed by atoms with Gasteiger partial charge >= 0.3 is 5.97 Å². The molecular weight excluding hydrogens is 542 g/mol. The van der Waals surface area contributed by atoms with E-state index in [0.29, 0.717) is 11.1 Å². The number of ether oxygens (including phenoxy) is 1. The number of amides is 1. The van der Waals surface area contributed by atoms with Crippen LogP contribution in [0.1, 0.15) is 65.6 Å². The first-order valence-corrected chi connectivity index (χ1v) is 15.2. The molecule has 4 aliphatic rings. The first-order valence-electron chi connectivity index (χ1n) is 15.2. The molecule has 4 aliphatic carbocycles. The fourth-order valence-corrected chi connectivity index (χ4v) is 8.36. The van der Waals surface area contributed by atoms with Gasteiger partial charge in [-0.25, -0.2) is 4.79 Å². The van der Waals surface area contributed by atoms with E-state index in [1.165, 1.54) is 56.2 Å². The second kappa shape index (κ2) is 11.0. The quantitative estimate of drug-likeness (QED) is 0.132. The molecule has 0 aliphatic heterocycles. The van der Waals surface area contributed by atoms with Crippen LogP contribution in [-0.4, -0.2) is 27.8 Å². The van der Waals surface area contributed by atoms with Gasteiger partial charge in [0.1, 0.15) is 12.6 Å². The second-order valence-corrected chi connectivity index (χ2v) is 12.9. The summed E-state index contributed by atoms with van der Waals surface area (Å²) in [6, 6.07) is 20.8. The van der Waals surface area contributed by atoms with Crippen LogP contribution in [0.25, 0.3) is 10.9 Å². The van der Waals surface area contributed by atoms with E-state index >= 15 is 0 Å². The molecule has 4 fully saturated rings. The van der Waals surface area contributed by atoms with E-state index in [1.54, 1.807) is 12.1 Å². The van der Waals surface area contributed by atoms with Crippen LogP contribution in [-0.2, 0) is 28.0 Å². The number of nitro benzene ring substituents is 1. The number of aromatic nitrogens is 1. The van der Waals surface area contributed by atoms with Crippen molar-refractivity contribution < 1.29 is 19.2 Å². The lowest BCUT2D eigenvalue weighted by Gasteiger charge is -2.57. The minimum Gasteiger partial charge on any atom is -0.459 e. The average Bonchev–Trinajstić information content (AvgIpc) is 3.42. The molecule has 0 spiro atoms. The van der Waals surface area contributed by atoms with Crippen molar-refractivity contribution in [2.75, 3.05) is 0 Å². The number of carbonyl (C=O) groups excluding carboxylic acids is 2. The highest BCUT2D eigenvalue weighted by atomic mass is 16.6. The molecule has 8 nitrogen and oxygen atoms in total. The molecule has 1 heterocycles. The Balaban J connectivity index is 1.08. The summed E-state index contributed by atoms with van der Waals surface area (Å²) in [5, 5.41) is 14.9. The van der Waals surface area contributed by atoms with Gasteiger partial charge in [-0.1, -0.05) is 30.3 Å². The van der Waals surface area contributed by atoms with E-state index < -0.39 is 16.9 Å². The Hall–Kier alpha value is -4.46. The predicted molar refractivity (Wildman–Crippen MR) is 162 cm³/mol. The number of aromatic amines is 1. The van der Waals surface area contributed by atoms with E-state index in [4.69, 9.17) is 4.74 Å². The lowest BCUT2D eigenvalue weighted by Crippen LogP contribution is -2.48. The molecule has 4 bridgehead atoms. The summed E-state index contributed by atoms with van der Waals surface area (Å²) >= 11 is 0. The number of non-ortho nitro benzene ring substituents is 1. The number of rotatable bonds is 9. The highest BCUT2D eigenvalue weighted by Gasteiger charge is 2.51. The Morgan fingerprint density at radius 3 is 2.23 bits per heavy atom. The normalized spacial score (nSPS) is 24.5. The van der Waals surface area contributed by atoms with Gasteiger partial charge < -0.3 is 15.0 Å². The highest BCUT2D eigenvalue weighted by molar-refractivity contribution is 5.97. The molecule has 8 rings (SSSR count). The number of carbonyl (C=O) groups is 2. The number of fused-ring (bicyclic) bond motifs is 1. The minimum atomic E-state index is -0.924. The molecule has 1 aromatic heterocycles. The van der Waals surface area contributed by atoms with Crippen molar-refractivity contribution in [3.8, 4) is 0 Å². The van der Waals surface area contributed by atoms with E-state index in [1.807, 2.05) is 42.6 Å². The summed E-state index contributed by atoms with van der Waals surface area (Å²) in [5.41, 5.74) is 4.54. The van der Waals surface area contributed by atoms with Crippen LogP contribution in [0.2, 0.25) is 0 Å². The predicted octanol–water partition coefficient (Wildman–Crippen LogP) is 6.63. The standard InChI is InChI=1S/C35H35N3O5/c39-33(26-7-9-28(10-8-26)35-17-23-13-24(18-35)15-25(14-23)19-35)37-32(16-27-20-36-31-4-2-1-3-30(27)31)34(40)43-21-22-5-11-29(12-6-22)38(41)42/h1-12,20,23-25,32,36H,13-19,21H2,(H,37,39). The van der Waals surface area contributed by atoms with Gasteiger partial charge in [-0.15, -0.1) is 0 Å². The monoisotopic (exact) mass is 577 g/mol. The zero-order valence-corrected chi connectivity index (χ0v) is 24.0. The van der Waals surface area contributed by atoms with Gasteiger partial charge in [-0.3, -0.25) is 14.9 Å². The lowest BCUT2D eigenvalue weighted by atomic mass is 9.48. The van der Waals surface area contributed by atoms with Gasteiger partial charge in [-0.05, 0) is 109 Å². The molecule has 1 unspecified atom stereocenters. The third-order valence-corrected chi connectivity index (χ3v) is 10.0. The SMILES string of the molecule is O=C(NC(Cc1c[nH]c2ccccc12)C(=O)OCc1ccc([N+](=O)[O-])cc1)c1ccc(C23CC4CC(CC(C4)C2)C3)cc1. The second-order valence-electron chi connectivity index (χ2n) is 12.9. The average molecular weight is 578 g/mol. The third-order valence-electron chi connectivity index (χ3n) is 10.0. The van der Waals surface area contributed by atoms with Crippen molar-refractivity contribution in [3.63, 3.8) is 0 Å². The maximum atomic E-state index is 13.5. The Morgan fingerprint density at radius 2 is 1.58 bits per heavy atom. The number of nitrogens with zero attached hydrogens (tertiary/aromatic N) is 1. The number of esters is 1. The van der Waals surface area contributed by atoms with Crippen molar-refractivity contribution in [2.24, 2.45) is 17.8 Å². The fraction of sp³-hybridized carbons (Fsp3) is 0.371. The largest absolute Gasteiger partial charge is 0.459 e. The van der Waals surface area contributed by atoms with Crippen LogP contribution in [0.15, 0.2) is 79.0 Å². The number of nitrogens with one attached hydrogen (secondary N) is 2. The molecule has 4 aromatic rings. The number of nitro groups is 1. The molecule has 1 atom stereocenters. The molecule has 8 heteroatoms. The van der Waals surface area contributed by atoms with E-state index in [0.717, 1.165) is 34.2 Å². The minimum absolute atomic E-state index is 0.0336. The third kappa shape index (κ3) is 5.42. The molecule has 4 saturated carbocycles. The van der Waals surface area contributed by atoms with Gasteiger partial charge in [0.15, 0.2) is 0 Å². The first kappa shape index (κ1) is 27.4. The molecule has 1 amide bonds. The van der Waals surface area contributed by atoms with E-state index in [9.17, 15) is 19.7 Å². The zero-order valence-electron chi connectivity index (χ0n) is 24.0. The lowest BCUT2D eigenvalue weighted by molar-refractivity contribution is -0.384. The van der Waals surface area contributed by atoms with Crippen LogP contribution >= 0.6 is 0 Å². The molecule has 3 aromatic carbocycles. The van der Waals surface area contributed by atoms with Gasteiger partial charge in [0.05, 0.1) is 4.92 Å². The van der Waals surface area contributed by atoms with Crippen molar-refractivity contribution in [3.05, 3.63) is 111 Å². The van der Waals surface area contributed by atoms with Crippen LogP contribution < -0.4 is 5.32 Å². The molecule has 0 saturated heterocycles. The molecule has 0 radical (unpaired) electrons. The van der Waals surface area contributed by atoms with Crippen LogP contribution in [0, 0.1) is 27.9 Å². The summed E-state index contributed by atoms with van der Waals surface area (Å²) in [7, 11) is 0. The van der Waals surface area contributed by atoms with Crippen LogP contribution in [0.3, 0.4) is 0 Å². The summed E-state index contributed by atoms with van der Waals surface area (Å²) in [6.45, 7) is -0.0587. The molecule has 43 heavy (non-hydrogen) atoms. The van der Waals surface area contributed by atoms with Crippen molar-refractivity contribution in [2.45, 2.75) is 63.0 Å². The summed E-state index contributed by atoms with van der Waals surface area (Å²) in [4.78, 5) is 40.6. The maximum Gasteiger partial charge on any atom is 0.329 e. The topological polar surface area (TPSA) is 114 Å². The molecule has 220 valence electrons. The zero-order chi connectivity index (χ0) is 29.6. The van der Waals surface area contributed by atoms with Crippen LogP contribution in [0.4, 0.5) is 5.69 Å². The van der Waals surface area contributed by atoms with Crippen LogP contribution in [0.5, 0.6) is 0 Å². The van der Waals surface area contributed by atoms with E-state index in [-0.39, 0.29) is 30.0 Å². The Morgan fingerprint density at radius 1 is 0.930 bits per heavy atom. The number of H-pyrrole nitrogens is 1. The van der Waals surface area contributed by atoms with Gasteiger partial charge in [0.2, 0.25) is 0 Å². The maximum absolute atomic E-state index is 13.5. The van der Waals surface area contributed by atoms with Gasteiger partial charge in [0, 0.05) is 41.2 Å². The smallest absolute Gasteiger partial charge is 0.329 e. The highest BCUT2D eigenvalue weighted by Crippen LogP contribution is 2.60. The number of benzene rings is 3. The number of para-hydroxylation sites is 1. The van der Waals surface area contributed by atoms with Crippen molar-refractivity contribution >= 4 is 28.5 Å². The Bertz CT molecular complexity index is 1640. The Kier molecular flexibility index (Phi) is 7.00. The summed E-state index contributed by atoms with van der Waals surface area (Å²) in [6.07, 6.45) is 10.1. The van der Waals surface area contributed by atoms with E-state index in [2.05, 4.69) is 22.4 Å². The van der Waals surface area contributed by atoms with Crippen molar-refractivity contribution in [1.29, 1.82) is 0 Å². The number of hydrogen-bond acceptors (Lipinski definition) is 5. The molecule has 2 N–H and O–H groups in total. The molecular formula is C35H35N3O5. The number of hydrogen-bond donors (Lipinski definition) is 2. The first-order chi connectivity index (χ1) is 20.8. The van der Waals surface area contributed by atoms with Gasteiger partial charge in [0.25, 0.3) is 11.6 Å². The van der Waals surface area contributed by atoms with Crippen molar-refractivity contribution in [1.82, 2.24) is 10.3 Å².